The maximum Gasteiger partial charge on any atom is 0.133 e. The van der Waals surface area contributed by atoms with Crippen molar-refractivity contribution in [1.82, 2.24) is 5.32 Å². The highest BCUT2D eigenvalue weighted by atomic mass is 79.9. The molecule has 3 heteroatoms. The lowest BCUT2D eigenvalue weighted by molar-refractivity contribution is 0.226. The molecule has 1 unspecified atom stereocenters. The third kappa shape index (κ3) is 4.01. The number of ether oxygens (including phenoxy) is 1. The summed E-state index contributed by atoms with van der Waals surface area (Å²) >= 11 is 3.67. The highest BCUT2D eigenvalue weighted by Gasteiger charge is 2.37. The molecular formula is C18H28BrNO. The van der Waals surface area contributed by atoms with E-state index in [1.54, 1.807) is 0 Å². The molecule has 1 aliphatic rings. The zero-order valence-corrected chi connectivity index (χ0v) is 15.1. The Morgan fingerprint density at radius 2 is 2.00 bits per heavy atom. The van der Waals surface area contributed by atoms with Crippen molar-refractivity contribution in [2.45, 2.75) is 58.9 Å². The Kier molecular flexibility index (Phi) is 6.12. The van der Waals surface area contributed by atoms with Crippen molar-refractivity contribution in [3.8, 4) is 5.75 Å². The van der Waals surface area contributed by atoms with E-state index >= 15 is 0 Å². The predicted molar refractivity (Wildman–Crippen MR) is 92.9 cm³/mol. The summed E-state index contributed by atoms with van der Waals surface area (Å²) in [4.78, 5) is 0. The number of rotatable bonds is 7. The van der Waals surface area contributed by atoms with Gasteiger partial charge < -0.3 is 10.1 Å². The molecule has 0 spiro atoms. The van der Waals surface area contributed by atoms with Gasteiger partial charge in [-0.2, -0.15) is 0 Å². The average Bonchev–Trinajstić information content (AvgIpc) is 2.91. The number of nitrogens with one attached hydrogen (secondary N) is 1. The minimum absolute atomic E-state index is 0.376. The van der Waals surface area contributed by atoms with Crippen LogP contribution in [-0.4, -0.2) is 13.2 Å². The Hall–Kier alpha value is -0.540. The number of hydrogen-bond donors (Lipinski definition) is 1. The van der Waals surface area contributed by atoms with Crippen LogP contribution in [0.5, 0.6) is 5.75 Å². The molecule has 1 saturated carbocycles. The molecule has 1 atom stereocenters. The van der Waals surface area contributed by atoms with E-state index in [9.17, 15) is 0 Å². The molecule has 0 saturated heterocycles. The third-order valence-electron chi connectivity index (χ3n) is 4.60. The van der Waals surface area contributed by atoms with E-state index in [2.05, 4.69) is 60.2 Å². The smallest absolute Gasteiger partial charge is 0.133 e. The van der Waals surface area contributed by atoms with Gasteiger partial charge in [0.1, 0.15) is 5.75 Å². The molecule has 0 heterocycles. The fourth-order valence-electron chi connectivity index (χ4n) is 3.47. The van der Waals surface area contributed by atoms with E-state index in [1.165, 1.54) is 31.2 Å². The van der Waals surface area contributed by atoms with Crippen LogP contribution < -0.4 is 10.1 Å². The maximum absolute atomic E-state index is 5.76. The van der Waals surface area contributed by atoms with Crippen LogP contribution in [-0.2, 0) is 0 Å². The molecule has 0 bridgehead atoms. The second-order valence-corrected chi connectivity index (χ2v) is 7.24. The van der Waals surface area contributed by atoms with Crippen LogP contribution in [0.15, 0.2) is 22.7 Å². The molecule has 1 aromatic rings. The summed E-state index contributed by atoms with van der Waals surface area (Å²) in [5, 5.41) is 3.71. The first kappa shape index (κ1) is 16.8. The molecule has 1 fully saturated rings. The summed E-state index contributed by atoms with van der Waals surface area (Å²) in [6, 6.07) is 7.01. The minimum Gasteiger partial charge on any atom is -0.492 e. The molecule has 1 aromatic carbocycles. The van der Waals surface area contributed by atoms with Crippen molar-refractivity contribution in [2.24, 2.45) is 5.41 Å². The molecule has 0 aromatic heterocycles. The fraction of sp³-hybridized carbons (Fsp3) is 0.667. The molecule has 0 radical (unpaired) electrons. The minimum atomic E-state index is 0.376. The second kappa shape index (κ2) is 7.64. The summed E-state index contributed by atoms with van der Waals surface area (Å²) in [6.45, 7) is 8.53. The van der Waals surface area contributed by atoms with Crippen molar-refractivity contribution in [3.05, 3.63) is 28.2 Å². The number of halogens is 1. The second-order valence-electron chi connectivity index (χ2n) is 6.39. The van der Waals surface area contributed by atoms with Crippen LogP contribution in [0, 0.1) is 5.41 Å². The van der Waals surface area contributed by atoms with Crippen LogP contribution in [0.3, 0.4) is 0 Å². The van der Waals surface area contributed by atoms with E-state index in [4.69, 9.17) is 4.74 Å². The highest BCUT2D eigenvalue weighted by Crippen LogP contribution is 2.47. The summed E-state index contributed by atoms with van der Waals surface area (Å²) in [6.07, 6.45) is 6.38. The first-order valence-electron chi connectivity index (χ1n) is 8.26. The maximum atomic E-state index is 5.76. The standard InChI is InChI=1S/C18H28BrNO/c1-4-12-21-16-9-8-14(13-15(16)19)17(20-5-2)18(3)10-6-7-11-18/h8-9,13,17,20H,4-7,10-12H2,1-3H3. The van der Waals surface area contributed by atoms with Crippen LogP contribution in [0.2, 0.25) is 0 Å². The molecule has 0 amide bonds. The molecule has 21 heavy (non-hydrogen) atoms. The van der Waals surface area contributed by atoms with Gasteiger partial charge in [0.05, 0.1) is 11.1 Å². The summed E-state index contributed by atoms with van der Waals surface area (Å²) in [5.74, 6) is 0.951. The zero-order valence-electron chi connectivity index (χ0n) is 13.5. The Bertz CT molecular complexity index is 455. The third-order valence-corrected chi connectivity index (χ3v) is 5.22. The summed E-state index contributed by atoms with van der Waals surface area (Å²) in [7, 11) is 0. The molecule has 1 aliphatic carbocycles. The van der Waals surface area contributed by atoms with E-state index in [0.717, 1.165) is 29.8 Å². The zero-order chi connectivity index (χ0) is 15.3. The molecular weight excluding hydrogens is 326 g/mol. The van der Waals surface area contributed by atoms with Gasteiger partial charge in [0.25, 0.3) is 0 Å². The molecule has 2 rings (SSSR count). The van der Waals surface area contributed by atoms with Crippen LogP contribution >= 0.6 is 15.9 Å². The SMILES string of the molecule is CCCOc1ccc(C(NCC)C2(C)CCCC2)cc1Br. The van der Waals surface area contributed by atoms with Gasteiger partial charge in [-0.05, 0) is 64.8 Å². The fourth-order valence-corrected chi connectivity index (χ4v) is 3.98. The van der Waals surface area contributed by atoms with Crippen molar-refractivity contribution in [1.29, 1.82) is 0 Å². The number of hydrogen-bond acceptors (Lipinski definition) is 2. The quantitative estimate of drug-likeness (QED) is 0.701. The summed E-state index contributed by atoms with van der Waals surface area (Å²) in [5.41, 5.74) is 1.75. The van der Waals surface area contributed by atoms with Crippen LogP contribution in [0.4, 0.5) is 0 Å². The van der Waals surface area contributed by atoms with Gasteiger partial charge in [-0.1, -0.05) is 39.7 Å². The normalized spacial score (nSPS) is 18.7. The highest BCUT2D eigenvalue weighted by molar-refractivity contribution is 9.10. The van der Waals surface area contributed by atoms with E-state index in [0.29, 0.717) is 11.5 Å². The van der Waals surface area contributed by atoms with Crippen LogP contribution in [0.1, 0.15) is 64.5 Å². The van der Waals surface area contributed by atoms with Crippen molar-refractivity contribution >= 4 is 15.9 Å². The Morgan fingerprint density at radius 3 is 2.57 bits per heavy atom. The number of benzene rings is 1. The largest absolute Gasteiger partial charge is 0.492 e. The van der Waals surface area contributed by atoms with Gasteiger partial charge in [-0.3, -0.25) is 0 Å². The van der Waals surface area contributed by atoms with E-state index in [-0.39, 0.29) is 0 Å². The average molecular weight is 354 g/mol. The van der Waals surface area contributed by atoms with E-state index in [1.807, 2.05) is 0 Å². The van der Waals surface area contributed by atoms with Gasteiger partial charge in [-0.15, -0.1) is 0 Å². The van der Waals surface area contributed by atoms with Gasteiger partial charge in [0.2, 0.25) is 0 Å². The van der Waals surface area contributed by atoms with Crippen molar-refractivity contribution < 1.29 is 4.74 Å². The molecule has 2 nitrogen and oxygen atoms in total. The first-order valence-corrected chi connectivity index (χ1v) is 9.05. The van der Waals surface area contributed by atoms with Crippen LogP contribution in [0.25, 0.3) is 0 Å². The first-order chi connectivity index (χ1) is 10.1. The Morgan fingerprint density at radius 1 is 1.29 bits per heavy atom. The van der Waals surface area contributed by atoms with E-state index < -0.39 is 0 Å². The monoisotopic (exact) mass is 353 g/mol. The lowest BCUT2D eigenvalue weighted by Gasteiger charge is -2.35. The Labute approximate surface area is 137 Å². The summed E-state index contributed by atoms with van der Waals surface area (Å²) < 4.78 is 6.83. The van der Waals surface area contributed by atoms with Gasteiger partial charge in [-0.25, -0.2) is 0 Å². The predicted octanol–water partition coefficient (Wildman–Crippen LogP) is 5.47. The Balaban J connectivity index is 2.22. The van der Waals surface area contributed by atoms with Gasteiger partial charge in [0, 0.05) is 6.04 Å². The van der Waals surface area contributed by atoms with Crippen molar-refractivity contribution in [2.75, 3.05) is 13.2 Å². The van der Waals surface area contributed by atoms with Gasteiger partial charge >= 0.3 is 0 Å². The van der Waals surface area contributed by atoms with Crippen molar-refractivity contribution in [3.63, 3.8) is 0 Å². The lowest BCUT2D eigenvalue weighted by atomic mass is 9.77. The topological polar surface area (TPSA) is 21.3 Å². The van der Waals surface area contributed by atoms with Gasteiger partial charge in [0.15, 0.2) is 0 Å². The lowest BCUT2D eigenvalue weighted by Crippen LogP contribution is -2.34. The molecule has 1 N–H and O–H groups in total. The molecule has 118 valence electrons. The molecule has 0 aliphatic heterocycles.